The van der Waals surface area contributed by atoms with Gasteiger partial charge in [-0.05, 0) is 0 Å². The van der Waals surface area contributed by atoms with Gasteiger partial charge in [0.05, 0.1) is 18.3 Å². The van der Waals surface area contributed by atoms with Crippen LogP contribution in [0.15, 0.2) is 6.20 Å². The van der Waals surface area contributed by atoms with Crippen molar-refractivity contribution in [3.05, 3.63) is 12.0 Å². The van der Waals surface area contributed by atoms with Crippen molar-refractivity contribution >= 4 is 11.8 Å². The van der Waals surface area contributed by atoms with Crippen LogP contribution in [0, 0.1) is 28.5 Å². The van der Waals surface area contributed by atoms with Crippen LogP contribution >= 0.6 is 0 Å². The van der Waals surface area contributed by atoms with E-state index in [1.54, 1.807) is 12.1 Å². The number of rotatable bonds is 3. The van der Waals surface area contributed by atoms with Crippen molar-refractivity contribution in [3.63, 3.8) is 0 Å². The van der Waals surface area contributed by atoms with E-state index in [9.17, 15) is 4.39 Å². The maximum Gasteiger partial charge on any atom is 0.222 e. The van der Waals surface area contributed by atoms with Crippen molar-refractivity contribution < 1.29 is 4.39 Å². The number of hydrogen-bond acceptors (Lipinski definition) is 6. The van der Waals surface area contributed by atoms with Gasteiger partial charge in [0.15, 0.2) is 11.6 Å². The summed E-state index contributed by atoms with van der Waals surface area (Å²) < 4.78 is 13.2. The molecule has 2 N–H and O–H groups in total. The van der Waals surface area contributed by atoms with Crippen LogP contribution in [0.4, 0.5) is 16.2 Å². The molecule has 0 bridgehead atoms. The molecule has 1 rings (SSSR count). The van der Waals surface area contributed by atoms with E-state index in [4.69, 9.17) is 16.3 Å². The molecule has 1 heterocycles. The first-order valence-electron chi connectivity index (χ1n) is 3.96. The second kappa shape index (κ2) is 4.72. The van der Waals surface area contributed by atoms with Gasteiger partial charge in [0.2, 0.25) is 5.95 Å². The SMILES string of the molecule is N#CCN(CC#N)c1nc(N)ncc1F. The highest BCUT2D eigenvalue weighted by Gasteiger charge is 2.13. The van der Waals surface area contributed by atoms with Crippen molar-refractivity contribution in [1.29, 1.82) is 10.5 Å². The van der Waals surface area contributed by atoms with Gasteiger partial charge in [0.25, 0.3) is 0 Å². The molecule has 6 nitrogen and oxygen atoms in total. The predicted octanol–water partition coefficient (Wildman–Crippen LogP) is 0.0515. The zero-order valence-electron chi connectivity index (χ0n) is 7.68. The third kappa shape index (κ3) is 2.51. The average Bonchev–Trinajstić information content (AvgIpc) is 2.21. The van der Waals surface area contributed by atoms with Crippen molar-refractivity contribution in [3.8, 4) is 12.1 Å². The van der Waals surface area contributed by atoms with E-state index >= 15 is 0 Å². The van der Waals surface area contributed by atoms with Gasteiger partial charge in [-0.1, -0.05) is 0 Å². The third-order valence-corrected chi connectivity index (χ3v) is 1.57. The van der Waals surface area contributed by atoms with Crippen LogP contribution in [0.25, 0.3) is 0 Å². The van der Waals surface area contributed by atoms with Crippen LogP contribution in [0.2, 0.25) is 0 Å². The lowest BCUT2D eigenvalue weighted by Crippen LogP contribution is -2.26. The monoisotopic (exact) mass is 206 g/mol. The second-order valence-electron chi connectivity index (χ2n) is 2.57. The van der Waals surface area contributed by atoms with Crippen LogP contribution in [-0.2, 0) is 0 Å². The number of hydrogen-bond donors (Lipinski definition) is 1. The van der Waals surface area contributed by atoms with E-state index < -0.39 is 5.82 Å². The first-order chi connectivity index (χ1) is 7.19. The van der Waals surface area contributed by atoms with E-state index in [0.29, 0.717) is 0 Å². The molecular formula is C8H7FN6. The van der Waals surface area contributed by atoms with Crippen molar-refractivity contribution in [2.75, 3.05) is 23.7 Å². The highest BCUT2D eigenvalue weighted by atomic mass is 19.1. The molecular weight excluding hydrogens is 199 g/mol. The molecule has 0 saturated carbocycles. The van der Waals surface area contributed by atoms with E-state index in [1.807, 2.05) is 0 Å². The minimum Gasteiger partial charge on any atom is -0.368 e. The molecule has 0 aromatic carbocycles. The first-order valence-corrected chi connectivity index (χ1v) is 3.96. The summed E-state index contributed by atoms with van der Waals surface area (Å²) in [6.45, 7) is -0.276. The Kier molecular flexibility index (Phi) is 3.36. The lowest BCUT2D eigenvalue weighted by Gasteiger charge is -2.16. The van der Waals surface area contributed by atoms with Gasteiger partial charge in [-0.15, -0.1) is 0 Å². The fraction of sp³-hybridized carbons (Fsp3) is 0.250. The summed E-state index contributed by atoms with van der Waals surface area (Å²) >= 11 is 0. The number of aromatic nitrogens is 2. The lowest BCUT2D eigenvalue weighted by molar-refractivity contribution is 0.609. The Hall–Kier alpha value is -2.41. The average molecular weight is 206 g/mol. The van der Waals surface area contributed by atoms with Crippen LogP contribution < -0.4 is 10.6 Å². The molecule has 0 atom stereocenters. The fourth-order valence-corrected chi connectivity index (χ4v) is 0.969. The Morgan fingerprint density at radius 3 is 2.53 bits per heavy atom. The molecule has 0 unspecified atom stereocenters. The standard InChI is InChI=1S/C8H7FN6/c9-6-5-13-8(12)14-7(6)15(3-1-10)4-2-11/h5H,3-4H2,(H2,12,13,14). The number of nitrogens with two attached hydrogens (primary N) is 1. The van der Waals surface area contributed by atoms with Gasteiger partial charge < -0.3 is 10.6 Å². The number of anilines is 2. The quantitative estimate of drug-likeness (QED) is 0.701. The van der Waals surface area contributed by atoms with Gasteiger partial charge in [0, 0.05) is 0 Å². The minimum absolute atomic E-state index is 0.104. The van der Waals surface area contributed by atoms with E-state index in [0.717, 1.165) is 6.20 Å². The van der Waals surface area contributed by atoms with Crippen LogP contribution in [0.5, 0.6) is 0 Å². The fourth-order valence-electron chi connectivity index (χ4n) is 0.969. The Labute approximate surface area is 85.4 Å². The summed E-state index contributed by atoms with van der Waals surface area (Å²) in [6.07, 6.45) is 0.902. The Morgan fingerprint density at radius 1 is 1.40 bits per heavy atom. The van der Waals surface area contributed by atoms with Gasteiger partial charge in [0.1, 0.15) is 13.1 Å². The summed E-state index contributed by atoms with van der Waals surface area (Å²) in [5.41, 5.74) is 5.28. The van der Waals surface area contributed by atoms with E-state index in [1.165, 1.54) is 4.90 Å². The molecule has 0 radical (unpaired) electrons. The van der Waals surface area contributed by atoms with Crippen molar-refractivity contribution in [2.24, 2.45) is 0 Å². The zero-order valence-corrected chi connectivity index (χ0v) is 7.68. The summed E-state index contributed by atoms with van der Waals surface area (Å²) in [4.78, 5) is 8.24. The number of nitrogen functional groups attached to an aromatic ring is 1. The number of halogens is 1. The van der Waals surface area contributed by atoms with Crippen LogP contribution in [0.1, 0.15) is 0 Å². The molecule has 0 fully saturated rings. The molecule has 0 amide bonds. The van der Waals surface area contributed by atoms with Crippen LogP contribution in [-0.4, -0.2) is 23.1 Å². The lowest BCUT2D eigenvalue weighted by atomic mass is 10.4. The number of nitrogens with zero attached hydrogens (tertiary/aromatic N) is 5. The predicted molar refractivity (Wildman–Crippen MR) is 49.8 cm³/mol. The summed E-state index contributed by atoms with van der Waals surface area (Å²) in [6, 6.07) is 3.61. The topological polar surface area (TPSA) is 103 Å². The maximum absolute atomic E-state index is 13.2. The third-order valence-electron chi connectivity index (χ3n) is 1.57. The van der Waals surface area contributed by atoms with E-state index in [2.05, 4.69) is 9.97 Å². The van der Waals surface area contributed by atoms with Gasteiger partial charge in [-0.25, -0.2) is 9.37 Å². The van der Waals surface area contributed by atoms with Crippen molar-refractivity contribution in [1.82, 2.24) is 9.97 Å². The Balaban J connectivity index is 3.06. The normalized spacial score (nSPS) is 9.00. The Morgan fingerprint density at radius 2 is 2.00 bits per heavy atom. The number of nitriles is 2. The highest BCUT2D eigenvalue weighted by Crippen LogP contribution is 2.15. The molecule has 1 aromatic rings. The molecule has 7 heteroatoms. The second-order valence-corrected chi connectivity index (χ2v) is 2.57. The molecule has 0 spiro atoms. The molecule has 0 aliphatic heterocycles. The zero-order chi connectivity index (χ0) is 11.3. The van der Waals surface area contributed by atoms with Gasteiger partial charge in [-0.3, -0.25) is 0 Å². The van der Waals surface area contributed by atoms with E-state index in [-0.39, 0.29) is 24.9 Å². The first kappa shape index (κ1) is 10.7. The van der Waals surface area contributed by atoms with Crippen LogP contribution in [0.3, 0.4) is 0 Å². The molecule has 1 aromatic heterocycles. The Bertz CT molecular complexity index is 416. The minimum atomic E-state index is -0.713. The summed E-state index contributed by atoms with van der Waals surface area (Å²) in [7, 11) is 0. The maximum atomic E-state index is 13.2. The van der Waals surface area contributed by atoms with Gasteiger partial charge in [-0.2, -0.15) is 15.5 Å². The van der Waals surface area contributed by atoms with Gasteiger partial charge >= 0.3 is 0 Å². The van der Waals surface area contributed by atoms with Crippen molar-refractivity contribution in [2.45, 2.75) is 0 Å². The molecule has 76 valence electrons. The highest BCUT2D eigenvalue weighted by molar-refractivity contribution is 5.44. The largest absolute Gasteiger partial charge is 0.368 e. The smallest absolute Gasteiger partial charge is 0.222 e. The molecule has 0 aliphatic rings. The molecule has 0 saturated heterocycles. The molecule has 15 heavy (non-hydrogen) atoms. The summed E-state index contributed by atoms with van der Waals surface area (Å²) in [5, 5.41) is 17.0. The summed E-state index contributed by atoms with van der Waals surface area (Å²) in [5.74, 6) is -0.951. The molecule has 0 aliphatic carbocycles.